The molecule has 0 amide bonds. The van der Waals surface area contributed by atoms with Crippen LogP contribution in [0.5, 0.6) is 11.5 Å². The van der Waals surface area contributed by atoms with E-state index in [1.54, 1.807) is 12.1 Å². The lowest BCUT2D eigenvalue weighted by Crippen LogP contribution is -2.30. The first-order valence-corrected chi connectivity index (χ1v) is 5.79. The fourth-order valence-corrected chi connectivity index (χ4v) is 2.03. The monoisotopic (exact) mass is 252 g/mol. The first-order chi connectivity index (χ1) is 8.46. The maximum Gasteiger partial charge on any atom is 0.306 e. The number of ether oxygens (including phenoxy) is 2. The van der Waals surface area contributed by atoms with Gasteiger partial charge in [0.05, 0.1) is 12.0 Å². The third-order valence-electron chi connectivity index (χ3n) is 2.72. The predicted octanol–water partition coefficient (Wildman–Crippen LogP) is 1.23. The van der Waals surface area contributed by atoms with Crippen LogP contribution in [0.25, 0.3) is 0 Å². The maximum absolute atomic E-state index is 10.6. The first kappa shape index (κ1) is 12.7. The number of fused-ring (bicyclic) bond motifs is 1. The molecule has 1 heterocycles. The SMILES string of the molecule is CC(O)(CC(=O)O)Cc1ccc2c(c1)OCCO2. The van der Waals surface area contributed by atoms with Crippen molar-refractivity contribution in [1.29, 1.82) is 0 Å². The maximum atomic E-state index is 10.6. The normalized spacial score (nSPS) is 17.0. The predicted molar refractivity (Wildman–Crippen MR) is 64.0 cm³/mol. The average Bonchev–Trinajstić information content (AvgIpc) is 2.26. The van der Waals surface area contributed by atoms with Gasteiger partial charge in [-0.1, -0.05) is 6.07 Å². The van der Waals surface area contributed by atoms with Crippen LogP contribution < -0.4 is 9.47 Å². The highest BCUT2D eigenvalue weighted by atomic mass is 16.6. The highest BCUT2D eigenvalue weighted by Crippen LogP contribution is 2.32. The summed E-state index contributed by atoms with van der Waals surface area (Å²) in [6.45, 7) is 2.54. The quantitative estimate of drug-likeness (QED) is 0.842. The van der Waals surface area contributed by atoms with Crippen LogP contribution in [0.2, 0.25) is 0 Å². The number of aliphatic carboxylic acids is 1. The van der Waals surface area contributed by atoms with E-state index in [-0.39, 0.29) is 12.8 Å². The van der Waals surface area contributed by atoms with Gasteiger partial charge >= 0.3 is 5.97 Å². The lowest BCUT2D eigenvalue weighted by molar-refractivity contribution is -0.141. The summed E-state index contributed by atoms with van der Waals surface area (Å²) in [7, 11) is 0. The van der Waals surface area contributed by atoms with Gasteiger partial charge < -0.3 is 19.7 Å². The van der Waals surface area contributed by atoms with Crippen LogP contribution in [0.15, 0.2) is 18.2 Å². The minimum Gasteiger partial charge on any atom is -0.486 e. The van der Waals surface area contributed by atoms with Gasteiger partial charge in [0.25, 0.3) is 0 Å². The molecule has 0 aromatic heterocycles. The van der Waals surface area contributed by atoms with Gasteiger partial charge in [-0.05, 0) is 24.6 Å². The Bertz CT molecular complexity index is 453. The largest absolute Gasteiger partial charge is 0.486 e. The number of carboxylic acid groups (broad SMARTS) is 1. The average molecular weight is 252 g/mol. The van der Waals surface area contributed by atoms with E-state index < -0.39 is 11.6 Å². The van der Waals surface area contributed by atoms with Crippen LogP contribution in [0.4, 0.5) is 0 Å². The molecule has 1 aliphatic heterocycles. The molecule has 0 saturated carbocycles. The van der Waals surface area contributed by atoms with E-state index in [1.165, 1.54) is 6.92 Å². The Labute approximate surface area is 105 Å². The Kier molecular flexibility index (Phi) is 3.43. The van der Waals surface area contributed by atoms with Gasteiger partial charge in [0, 0.05) is 6.42 Å². The summed E-state index contributed by atoms with van der Waals surface area (Å²) in [5.41, 5.74) is -0.444. The topological polar surface area (TPSA) is 76.0 Å². The molecule has 0 saturated heterocycles. The molecule has 1 aromatic carbocycles. The molecule has 98 valence electrons. The molecule has 0 bridgehead atoms. The zero-order valence-electron chi connectivity index (χ0n) is 10.2. The summed E-state index contributed by atoms with van der Waals surface area (Å²) < 4.78 is 10.8. The molecule has 1 unspecified atom stereocenters. The molecule has 5 nitrogen and oxygen atoms in total. The highest BCUT2D eigenvalue weighted by molar-refractivity contribution is 5.68. The van der Waals surface area contributed by atoms with E-state index in [0.717, 1.165) is 5.56 Å². The summed E-state index contributed by atoms with van der Waals surface area (Å²) in [6, 6.07) is 5.37. The van der Waals surface area contributed by atoms with Gasteiger partial charge in [0.1, 0.15) is 13.2 Å². The lowest BCUT2D eigenvalue weighted by Gasteiger charge is -2.23. The van der Waals surface area contributed by atoms with E-state index >= 15 is 0 Å². The van der Waals surface area contributed by atoms with Crippen molar-refractivity contribution in [1.82, 2.24) is 0 Å². The van der Waals surface area contributed by atoms with Crippen LogP contribution >= 0.6 is 0 Å². The van der Waals surface area contributed by atoms with E-state index in [4.69, 9.17) is 14.6 Å². The van der Waals surface area contributed by atoms with Crippen LogP contribution in [-0.2, 0) is 11.2 Å². The fraction of sp³-hybridized carbons (Fsp3) is 0.462. The van der Waals surface area contributed by atoms with Crippen LogP contribution in [0.1, 0.15) is 18.9 Å². The molecule has 0 spiro atoms. The molecule has 5 heteroatoms. The number of aliphatic hydroxyl groups is 1. The zero-order chi connectivity index (χ0) is 13.2. The highest BCUT2D eigenvalue weighted by Gasteiger charge is 2.25. The summed E-state index contributed by atoms with van der Waals surface area (Å²) in [4.78, 5) is 10.6. The molecule has 0 fully saturated rings. The van der Waals surface area contributed by atoms with Crippen molar-refractivity contribution in [3.8, 4) is 11.5 Å². The third-order valence-corrected chi connectivity index (χ3v) is 2.72. The lowest BCUT2D eigenvalue weighted by atomic mass is 9.93. The second-order valence-corrected chi connectivity index (χ2v) is 4.72. The molecule has 0 radical (unpaired) electrons. The molecule has 1 atom stereocenters. The minimum absolute atomic E-state index is 0.260. The minimum atomic E-state index is -1.27. The van der Waals surface area contributed by atoms with Crippen molar-refractivity contribution in [2.75, 3.05) is 13.2 Å². The first-order valence-electron chi connectivity index (χ1n) is 5.79. The Morgan fingerprint density at radius 1 is 1.33 bits per heavy atom. The van der Waals surface area contributed by atoms with Gasteiger partial charge in [0.2, 0.25) is 0 Å². The van der Waals surface area contributed by atoms with Crippen molar-refractivity contribution in [2.45, 2.75) is 25.4 Å². The Balaban J connectivity index is 2.12. The number of carbonyl (C=O) groups is 1. The van der Waals surface area contributed by atoms with Crippen LogP contribution in [0, 0.1) is 0 Å². The van der Waals surface area contributed by atoms with E-state index in [9.17, 15) is 9.90 Å². The van der Waals surface area contributed by atoms with Gasteiger partial charge in [-0.3, -0.25) is 4.79 Å². The smallest absolute Gasteiger partial charge is 0.306 e. The molecule has 18 heavy (non-hydrogen) atoms. The van der Waals surface area contributed by atoms with Crippen LogP contribution in [-0.4, -0.2) is 35.0 Å². The second-order valence-electron chi connectivity index (χ2n) is 4.72. The van der Waals surface area contributed by atoms with Crippen LogP contribution in [0.3, 0.4) is 0 Å². The van der Waals surface area contributed by atoms with E-state index in [1.807, 2.05) is 6.07 Å². The van der Waals surface area contributed by atoms with Crippen molar-refractivity contribution in [2.24, 2.45) is 0 Å². The molecule has 2 rings (SSSR count). The van der Waals surface area contributed by atoms with Crippen molar-refractivity contribution < 1.29 is 24.5 Å². The van der Waals surface area contributed by atoms with Gasteiger partial charge in [-0.15, -0.1) is 0 Å². The number of carboxylic acids is 1. The fourth-order valence-electron chi connectivity index (χ4n) is 2.03. The van der Waals surface area contributed by atoms with E-state index in [0.29, 0.717) is 24.7 Å². The van der Waals surface area contributed by atoms with Gasteiger partial charge in [0.15, 0.2) is 11.5 Å². The molecular formula is C13H16O5. The van der Waals surface area contributed by atoms with E-state index in [2.05, 4.69) is 0 Å². The molecule has 1 aliphatic rings. The molecular weight excluding hydrogens is 236 g/mol. The van der Waals surface area contributed by atoms with Crippen molar-refractivity contribution in [3.05, 3.63) is 23.8 Å². The number of rotatable bonds is 4. The number of hydrogen-bond acceptors (Lipinski definition) is 4. The summed E-state index contributed by atoms with van der Waals surface area (Å²) in [5.74, 6) is 0.310. The second kappa shape index (κ2) is 4.86. The molecule has 0 aliphatic carbocycles. The summed E-state index contributed by atoms with van der Waals surface area (Å²) in [6.07, 6.45) is -0.0304. The molecule has 1 aromatic rings. The Hall–Kier alpha value is -1.75. The zero-order valence-corrected chi connectivity index (χ0v) is 10.2. The molecule has 2 N–H and O–H groups in total. The Morgan fingerprint density at radius 2 is 2.00 bits per heavy atom. The third kappa shape index (κ3) is 3.13. The van der Waals surface area contributed by atoms with Gasteiger partial charge in [-0.2, -0.15) is 0 Å². The summed E-state index contributed by atoms with van der Waals surface area (Å²) in [5, 5.41) is 18.7. The summed E-state index contributed by atoms with van der Waals surface area (Å²) >= 11 is 0. The standard InChI is InChI=1S/C13H16O5/c1-13(16,8-12(14)15)7-9-2-3-10-11(6-9)18-5-4-17-10/h2-3,6,16H,4-5,7-8H2,1H3,(H,14,15). The number of benzene rings is 1. The Morgan fingerprint density at radius 3 is 2.67 bits per heavy atom. The van der Waals surface area contributed by atoms with Gasteiger partial charge in [-0.25, -0.2) is 0 Å². The van der Waals surface area contributed by atoms with Crippen molar-refractivity contribution in [3.63, 3.8) is 0 Å². The number of hydrogen-bond donors (Lipinski definition) is 2. The van der Waals surface area contributed by atoms with Crippen molar-refractivity contribution >= 4 is 5.97 Å².